The first-order valence-electron chi connectivity index (χ1n) is 8.91. The highest BCUT2D eigenvalue weighted by molar-refractivity contribution is 7.99. The lowest BCUT2D eigenvalue weighted by Crippen LogP contribution is -2.12. The van der Waals surface area contributed by atoms with Gasteiger partial charge in [0.1, 0.15) is 10.7 Å². The molecular formula is C20H20N4O2S2. The highest BCUT2D eigenvalue weighted by Crippen LogP contribution is 2.35. The second-order valence-electron chi connectivity index (χ2n) is 6.85. The van der Waals surface area contributed by atoms with E-state index in [1.807, 2.05) is 39.0 Å². The van der Waals surface area contributed by atoms with Gasteiger partial charge in [-0.3, -0.25) is 4.79 Å². The molecule has 0 unspecified atom stereocenters. The number of nitrogens with one attached hydrogen (secondary N) is 1. The van der Waals surface area contributed by atoms with E-state index in [9.17, 15) is 4.79 Å². The Labute approximate surface area is 170 Å². The molecule has 1 atom stereocenters. The number of aryl methyl sites for hydroxylation is 4. The first-order chi connectivity index (χ1) is 13.3. The fraction of sp³-hybridized carbons (Fsp3) is 0.300. The third-order valence-electron chi connectivity index (χ3n) is 4.88. The summed E-state index contributed by atoms with van der Waals surface area (Å²) < 4.78 is 5.82. The van der Waals surface area contributed by atoms with Gasteiger partial charge in [0.15, 0.2) is 0 Å². The quantitative estimate of drug-likeness (QED) is 0.468. The zero-order chi connectivity index (χ0) is 20.0. The summed E-state index contributed by atoms with van der Waals surface area (Å²) in [4.78, 5) is 21.9. The van der Waals surface area contributed by atoms with E-state index in [0.717, 1.165) is 20.8 Å². The van der Waals surface area contributed by atoms with E-state index >= 15 is 0 Å². The molecule has 28 heavy (non-hydrogen) atoms. The Morgan fingerprint density at radius 2 is 1.93 bits per heavy atom. The molecule has 0 aliphatic heterocycles. The largest absolute Gasteiger partial charge is 0.411 e. The van der Waals surface area contributed by atoms with Crippen LogP contribution in [0.15, 0.2) is 32.6 Å². The number of thioether (sulfide) groups is 1. The maximum atomic E-state index is 12.5. The summed E-state index contributed by atoms with van der Waals surface area (Å²) in [6, 6.07) is 6.05. The fourth-order valence-corrected chi connectivity index (χ4v) is 4.70. The van der Waals surface area contributed by atoms with Gasteiger partial charge in [0.05, 0.1) is 10.6 Å². The molecule has 0 aliphatic carbocycles. The maximum absolute atomic E-state index is 12.5. The Kier molecular flexibility index (Phi) is 4.84. The molecule has 3 heterocycles. The highest BCUT2D eigenvalue weighted by Gasteiger charge is 2.19. The van der Waals surface area contributed by atoms with E-state index in [1.54, 1.807) is 11.3 Å². The van der Waals surface area contributed by atoms with Gasteiger partial charge in [-0.1, -0.05) is 17.8 Å². The molecule has 1 N–H and O–H groups in total. The fourth-order valence-electron chi connectivity index (χ4n) is 2.92. The number of thiophene rings is 1. The predicted octanol–water partition coefficient (Wildman–Crippen LogP) is 5.12. The molecule has 0 radical (unpaired) electrons. The number of fused-ring (bicyclic) bond motifs is 1. The number of aromatic nitrogens is 4. The summed E-state index contributed by atoms with van der Waals surface area (Å²) in [7, 11) is 0. The molecule has 1 aromatic carbocycles. The minimum absolute atomic E-state index is 0.101. The van der Waals surface area contributed by atoms with Crippen LogP contribution in [0.3, 0.4) is 0 Å². The molecule has 0 amide bonds. The molecule has 4 aromatic rings. The first kappa shape index (κ1) is 18.9. The van der Waals surface area contributed by atoms with Crippen LogP contribution in [0.5, 0.6) is 0 Å². The van der Waals surface area contributed by atoms with Gasteiger partial charge in [-0.2, -0.15) is 0 Å². The van der Waals surface area contributed by atoms with Crippen LogP contribution < -0.4 is 5.56 Å². The molecule has 144 valence electrons. The van der Waals surface area contributed by atoms with Crippen LogP contribution in [0.1, 0.15) is 39.6 Å². The van der Waals surface area contributed by atoms with Crippen molar-refractivity contribution in [2.24, 2.45) is 0 Å². The van der Waals surface area contributed by atoms with Crippen LogP contribution in [-0.4, -0.2) is 20.2 Å². The van der Waals surface area contributed by atoms with Gasteiger partial charge in [-0.05, 0) is 63.4 Å². The number of H-pyrrole nitrogens is 1. The lowest BCUT2D eigenvalue weighted by Gasteiger charge is -2.07. The van der Waals surface area contributed by atoms with Crippen LogP contribution in [-0.2, 0) is 0 Å². The summed E-state index contributed by atoms with van der Waals surface area (Å²) in [6.07, 6.45) is 0. The average Bonchev–Trinajstić information content (AvgIpc) is 3.22. The SMILES string of the molecule is Cc1ccc(-c2nnc(S[C@H](C)c3nc4sc(C)c(C)c4c(=O)[nH]3)o2)cc1C. The third kappa shape index (κ3) is 3.38. The number of aromatic amines is 1. The Balaban J connectivity index is 1.60. The molecule has 4 rings (SSSR count). The Morgan fingerprint density at radius 3 is 2.68 bits per heavy atom. The molecule has 0 bridgehead atoms. The van der Waals surface area contributed by atoms with Crippen molar-refractivity contribution < 1.29 is 4.42 Å². The van der Waals surface area contributed by atoms with Crippen molar-refractivity contribution >= 4 is 33.3 Å². The Bertz CT molecular complexity index is 1240. The number of benzene rings is 1. The van der Waals surface area contributed by atoms with Crippen molar-refractivity contribution in [3.05, 3.63) is 55.9 Å². The van der Waals surface area contributed by atoms with Gasteiger partial charge in [0, 0.05) is 10.4 Å². The second-order valence-corrected chi connectivity index (χ2v) is 9.34. The smallest absolute Gasteiger partial charge is 0.277 e. The highest BCUT2D eigenvalue weighted by atomic mass is 32.2. The van der Waals surface area contributed by atoms with Gasteiger partial charge >= 0.3 is 0 Å². The minimum atomic E-state index is -0.132. The third-order valence-corrected chi connectivity index (χ3v) is 6.92. The van der Waals surface area contributed by atoms with E-state index in [0.29, 0.717) is 22.3 Å². The van der Waals surface area contributed by atoms with Crippen molar-refractivity contribution in [1.82, 2.24) is 20.2 Å². The maximum Gasteiger partial charge on any atom is 0.277 e. The van der Waals surface area contributed by atoms with E-state index < -0.39 is 0 Å². The van der Waals surface area contributed by atoms with Crippen LogP contribution in [0.25, 0.3) is 21.7 Å². The van der Waals surface area contributed by atoms with Crippen molar-refractivity contribution in [3.8, 4) is 11.5 Å². The van der Waals surface area contributed by atoms with E-state index in [1.165, 1.54) is 22.9 Å². The van der Waals surface area contributed by atoms with Crippen molar-refractivity contribution in [3.63, 3.8) is 0 Å². The van der Waals surface area contributed by atoms with Crippen molar-refractivity contribution in [2.45, 2.75) is 45.1 Å². The topological polar surface area (TPSA) is 84.7 Å². The molecule has 0 spiro atoms. The zero-order valence-electron chi connectivity index (χ0n) is 16.3. The normalized spacial score (nSPS) is 12.6. The predicted molar refractivity (Wildman–Crippen MR) is 113 cm³/mol. The van der Waals surface area contributed by atoms with E-state index in [-0.39, 0.29) is 10.8 Å². The summed E-state index contributed by atoms with van der Waals surface area (Å²) in [5, 5.41) is 9.29. The van der Waals surface area contributed by atoms with E-state index in [4.69, 9.17) is 4.42 Å². The minimum Gasteiger partial charge on any atom is -0.411 e. The number of nitrogens with zero attached hydrogens (tertiary/aromatic N) is 3. The van der Waals surface area contributed by atoms with Gasteiger partial charge in [-0.25, -0.2) is 4.98 Å². The van der Waals surface area contributed by atoms with Crippen molar-refractivity contribution in [1.29, 1.82) is 0 Å². The van der Waals surface area contributed by atoms with E-state index in [2.05, 4.69) is 34.0 Å². The molecule has 0 saturated heterocycles. The average molecular weight is 413 g/mol. The first-order valence-corrected chi connectivity index (χ1v) is 10.6. The summed E-state index contributed by atoms with van der Waals surface area (Å²) >= 11 is 2.92. The molecule has 0 fully saturated rings. The van der Waals surface area contributed by atoms with Crippen LogP contribution in [0.4, 0.5) is 0 Å². The molecule has 6 nitrogen and oxygen atoms in total. The summed E-state index contributed by atoms with van der Waals surface area (Å²) in [5.74, 6) is 1.09. The van der Waals surface area contributed by atoms with Crippen LogP contribution in [0, 0.1) is 27.7 Å². The number of hydrogen-bond acceptors (Lipinski definition) is 7. The summed E-state index contributed by atoms with van der Waals surface area (Å²) in [6.45, 7) is 10.0. The van der Waals surface area contributed by atoms with Gasteiger partial charge in [0.25, 0.3) is 10.8 Å². The van der Waals surface area contributed by atoms with Crippen LogP contribution in [0.2, 0.25) is 0 Å². The second kappa shape index (κ2) is 7.18. The molecule has 0 saturated carbocycles. The van der Waals surface area contributed by atoms with Crippen LogP contribution >= 0.6 is 23.1 Å². The molecular weight excluding hydrogens is 392 g/mol. The lowest BCUT2D eigenvalue weighted by molar-refractivity contribution is 0.465. The lowest BCUT2D eigenvalue weighted by atomic mass is 10.1. The summed E-state index contributed by atoms with van der Waals surface area (Å²) in [5.41, 5.74) is 4.18. The van der Waals surface area contributed by atoms with Crippen molar-refractivity contribution in [2.75, 3.05) is 0 Å². The standard InChI is InChI=1S/C20H20N4O2S2/c1-9-6-7-14(8-10(9)2)18-23-24-20(26-18)28-13(5)16-21-17(25)15-11(3)12(4)27-19(15)22-16/h6-8,13H,1-5H3,(H,21,22,25)/t13-/m1/s1. The number of hydrogen-bond donors (Lipinski definition) is 1. The van der Waals surface area contributed by atoms with Gasteiger partial charge in [-0.15, -0.1) is 21.5 Å². The Hall–Kier alpha value is -2.45. The molecule has 8 heteroatoms. The Morgan fingerprint density at radius 1 is 1.14 bits per heavy atom. The van der Waals surface area contributed by atoms with Gasteiger partial charge < -0.3 is 9.40 Å². The molecule has 3 aromatic heterocycles. The number of rotatable bonds is 4. The zero-order valence-corrected chi connectivity index (χ0v) is 17.9. The monoisotopic (exact) mass is 412 g/mol. The molecule has 0 aliphatic rings. The van der Waals surface area contributed by atoms with Gasteiger partial charge in [0.2, 0.25) is 5.89 Å².